The van der Waals surface area contributed by atoms with Crippen LogP contribution in [-0.2, 0) is 26.2 Å². The fraction of sp³-hybridized carbons (Fsp3) is 0.462. The summed E-state index contributed by atoms with van der Waals surface area (Å²) in [5.41, 5.74) is 0.498. The largest absolute Gasteiger partial charge is 0.352 e. The number of anilines is 1. The van der Waals surface area contributed by atoms with Crippen molar-refractivity contribution in [3.05, 3.63) is 67.7 Å². The first kappa shape index (κ1) is 30.6. The number of non-ortho nitro benzene ring substituents is 1. The highest BCUT2D eigenvalue weighted by Crippen LogP contribution is 2.30. The lowest BCUT2D eigenvalue weighted by atomic mass is 9.95. The van der Waals surface area contributed by atoms with Crippen LogP contribution in [0.5, 0.6) is 0 Å². The fourth-order valence-corrected chi connectivity index (χ4v) is 6.00. The van der Waals surface area contributed by atoms with Gasteiger partial charge in [0.1, 0.15) is 12.6 Å². The summed E-state index contributed by atoms with van der Waals surface area (Å²) in [4.78, 5) is 39.0. The monoisotopic (exact) mass is 598 g/mol. The van der Waals surface area contributed by atoms with Gasteiger partial charge in [-0.1, -0.05) is 54.6 Å². The number of halogens is 2. The Bertz CT molecular complexity index is 1330. The topological polar surface area (TPSA) is 130 Å². The van der Waals surface area contributed by atoms with Crippen LogP contribution in [0.1, 0.15) is 50.2 Å². The van der Waals surface area contributed by atoms with Crippen molar-refractivity contribution < 1.29 is 22.9 Å². The minimum Gasteiger partial charge on any atom is -0.352 e. The third kappa shape index (κ3) is 7.83. The summed E-state index contributed by atoms with van der Waals surface area (Å²) in [5, 5.41) is 14.9. The molecule has 1 aliphatic carbocycles. The van der Waals surface area contributed by atoms with Gasteiger partial charge in [0.25, 0.3) is 5.69 Å². The van der Waals surface area contributed by atoms with E-state index in [1.165, 1.54) is 17.0 Å². The van der Waals surface area contributed by atoms with Crippen molar-refractivity contribution in [3.8, 4) is 0 Å². The van der Waals surface area contributed by atoms with Gasteiger partial charge in [0.2, 0.25) is 21.8 Å². The molecule has 1 aliphatic rings. The highest BCUT2D eigenvalue weighted by Gasteiger charge is 2.32. The summed E-state index contributed by atoms with van der Waals surface area (Å²) in [6.45, 7) is 2.31. The molecule has 1 N–H and O–H groups in total. The number of rotatable bonds is 10. The molecular weight excluding hydrogens is 567 g/mol. The molecule has 1 fully saturated rings. The molecule has 1 saturated carbocycles. The van der Waals surface area contributed by atoms with Crippen molar-refractivity contribution in [2.75, 3.05) is 17.1 Å². The van der Waals surface area contributed by atoms with E-state index in [0.717, 1.165) is 48.7 Å². The molecule has 0 bridgehead atoms. The van der Waals surface area contributed by atoms with Crippen LogP contribution < -0.4 is 9.62 Å². The number of carbonyl (C=O) groups excluding carboxylic acids is 2. The van der Waals surface area contributed by atoms with Gasteiger partial charge in [0.15, 0.2) is 0 Å². The summed E-state index contributed by atoms with van der Waals surface area (Å²) < 4.78 is 26.5. The van der Waals surface area contributed by atoms with Gasteiger partial charge in [-0.25, -0.2) is 8.42 Å². The Balaban J connectivity index is 1.98. The molecule has 2 aromatic rings. The van der Waals surface area contributed by atoms with Crippen molar-refractivity contribution in [2.24, 2.45) is 0 Å². The van der Waals surface area contributed by atoms with E-state index >= 15 is 0 Å². The summed E-state index contributed by atoms with van der Waals surface area (Å²) in [6.07, 6.45) is 5.71. The maximum atomic E-state index is 13.8. The van der Waals surface area contributed by atoms with Crippen molar-refractivity contribution >= 4 is 56.4 Å². The third-order valence-corrected chi connectivity index (χ3v) is 8.70. The van der Waals surface area contributed by atoms with E-state index in [2.05, 4.69) is 5.32 Å². The van der Waals surface area contributed by atoms with Gasteiger partial charge in [-0.15, -0.1) is 0 Å². The smallest absolute Gasteiger partial charge is 0.271 e. The van der Waals surface area contributed by atoms with Gasteiger partial charge in [0.05, 0.1) is 16.9 Å². The van der Waals surface area contributed by atoms with E-state index in [1.807, 2.05) is 0 Å². The third-order valence-electron chi connectivity index (χ3n) is 6.86. The number of nitrogens with one attached hydrogen (secondary N) is 1. The highest BCUT2D eigenvalue weighted by molar-refractivity contribution is 7.92. The molecule has 0 spiro atoms. The Morgan fingerprint density at radius 2 is 1.74 bits per heavy atom. The normalized spacial score (nSPS) is 14.9. The zero-order valence-electron chi connectivity index (χ0n) is 22.0. The number of nitrogens with zero attached hydrogens (tertiary/aromatic N) is 3. The predicted molar refractivity (Wildman–Crippen MR) is 152 cm³/mol. The first-order chi connectivity index (χ1) is 18.3. The molecule has 0 radical (unpaired) electrons. The van der Waals surface area contributed by atoms with Crippen molar-refractivity contribution in [3.63, 3.8) is 0 Å². The second-order valence-corrected chi connectivity index (χ2v) is 12.5. The zero-order valence-corrected chi connectivity index (χ0v) is 24.4. The highest BCUT2D eigenvalue weighted by atomic mass is 35.5. The average molecular weight is 600 g/mol. The molecule has 1 atom stereocenters. The van der Waals surface area contributed by atoms with Crippen LogP contribution in [0.2, 0.25) is 10.0 Å². The first-order valence-electron chi connectivity index (χ1n) is 12.5. The first-order valence-corrected chi connectivity index (χ1v) is 15.2. The van der Waals surface area contributed by atoms with Crippen LogP contribution in [0.25, 0.3) is 0 Å². The number of nitro groups is 1. The van der Waals surface area contributed by atoms with Crippen LogP contribution in [0.3, 0.4) is 0 Å². The molecule has 0 saturated heterocycles. The van der Waals surface area contributed by atoms with E-state index in [4.69, 9.17) is 23.2 Å². The van der Waals surface area contributed by atoms with E-state index in [9.17, 15) is 28.1 Å². The number of hydrogen-bond acceptors (Lipinski definition) is 6. The number of sulfonamides is 1. The fourth-order valence-electron chi connectivity index (χ4n) is 4.58. The van der Waals surface area contributed by atoms with Crippen LogP contribution >= 0.6 is 23.2 Å². The molecule has 0 unspecified atom stereocenters. The summed E-state index contributed by atoms with van der Waals surface area (Å²) in [7, 11) is -4.06. The average Bonchev–Trinajstić information content (AvgIpc) is 2.87. The van der Waals surface area contributed by atoms with Gasteiger partial charge in [-0.3, -0.25) is 24.0 Å². The molecule has 10 nitrogen and oxygen atoms in total. The summed E-state index contributed by atoms with van der Waals surface area (Å²) in [6, 6.07) is 7.64. The van der Waals surface area contributed by atoms with Crippen LogP contribution in [0.15, 0.2) is 36.4 Å². The zero-order chi connectivity index (χ0) is 28.9. The Morgan fingerprint density at radius 1 is 1.13 bits per heavy atom. The van der Waals surface area contributed by atoms with E-state index in [-0.39, 0.29) is 39.9 Å². The Morgan fingerprint density at radius 3 is 2.31 bits per heavy atom. The number of aryl methyl sites for hydroxylation is 1. The Labute approximate surface area is 238 Å². The van der Waals surface area contributed by atoms with E-state index < -0.39 is 33.4 Å². The molecule has 0 heterocycles. The lowest BCUT2D eigenvalue weighted by molar-refractivity contribution is -0.384. The van der Waals surface area contributed by atoms with Crippen molar-refractivity contribution in [1.29, 1.82) is 0 Å². The number of nitro benzene ring substituents is 1. The molecule has 0 aliphatic heterocycles. The Hall–Kier alpha value is -2.89. The summed E-state index contributed by atoms with van der Waals surface area (Å²) >= 11 is 12.7. The number of benzene rings is 2. The molecule has 13 heteroatoms. The van der Waals surface area contributed by atoms with Gasteiger partial charge in [-0.05, 0) is 44.4 Å². The molecule has 0 aromatic heterocycles. The summed E-state index contributed by atoms with van der Waals surface area (Å²) in [5.74, 6) is -1.08. The number of hydrogen-bond donors (Lipinski definition) is 1. The van der Waals surface area contributed by atoms with Gasteiger partial charge in [0, 0.05) is 40.3 Å². The molecule has 3 rings (SSSR count). The lowest BCUT2D eigenvalue weighted by Gasteiger charge is -2.33. The van der Waals surface area contributed by atoms with E-state index in [1.54, 1.807) is 32.0 Å². The van der Waals surface area contributed by atoms with Crippen LogP contribution in [-0.4, -0.2) is 54.9 Å². The van der Waals surface area contributed by atoms with Gasteiger partial charge < -0.3 is 10.2 Å². The van der Waals surface area contributed by atoms with E-state index in [0.29, 0.717) is 11.1 Å². The standard InChI is InChI=1S/C26H32Cl2N4O6S/c1-17-12-13-20(32(35)36)14-24(17)31(39(3,37)38)16-25(33)30(15-21-22(27)10-7-11-23(21)28)18(2)26(34)29-19-8-5-4-6-9-19/h7,10-14,18-19H,4-6,8-9,15-16H2,1-3H3,(H,29,34)/t18-/m0/s1. The minimum atomic E-state index is -4.06. The molecule has 212 valence electrons. The van der Waals surface area contributed by atoms with Crippen molar-refractivity contribution in [1.82, 2.24) is 10.2 Å². The van der Waals surface area contributed by atoms with Gasteiger partial charge >= 0.3 is 0 Å². The van der Waals surface area contributed by atoms with Crippen LogP contribution in [0, 0.1) is 17.0 Å². The molecule has 2 aromatic carbocycles. The van der Waals surface area contributed by atoms with Crippen LogP contribution in [0.4, 0.5) is 11.4 Å². The second-order valence-electron chi connectivity index (χ2n) is 9.74. The quantitative estimate of drug-likeness (QED) is 0.307. The van der Waals surface area contributed by atoms with Crippen molar-refractivity contribution in [2.45, 2.75) is 64.6 Å². The van der Waals surface area contributed by atoms with Gasteiger partial charge in [-0.2, -0.15) is 0 Å². The maximum absolute atomic E-state index is 13.8. The Kier molecular flexibility index (Phi) is 10.2. The minimum absolute atomic E-state index is 0.00455. The molecular formula is C26H32Cl2N4O6S. The maximum Gasteiger partial charge on any atom is 0.271 e. The second kappa shape index (κ2) is 13.0. The lowest BCUT2D eigenvalue weighted by Crippen LogP contribution is -2.53. The SMILES string of the molecule is Cc1ccc([N+](=O)[O-])cc1N(CC(=O)N(Cc1c(Cl)cccc1Cl)[C@@H](C)C(=O)NC1CCCCC1)S(C)(=O)=O. The number of carbonyl (C=O) groups is 2. The molecule has 39 heavy (non-hydrogen) atoms. The predicted octanol–water partition coefficient (Wildman–Crippen LogP) is 4.84. The molecule has 2 amide bonds. The number of amides is 2.